The highest BCUT2D eigenvalue weighted by Gasteiger charge is 2.56. The van der Waals surface area contributed by atoms with Crippen LogP contribution in [0.1, 0.15) is 52.9 Å². The van der Waals surface area contributed by atoms with Gasteiger partial charge in [-0.3, -0.25) is 0 Å². The quantitative estimate of drug-likeness (QED) is 0.153. The highest BCUT2D eigenvalue weighted by Crippen LogP contribution is 2.49. The van der Waals surface area contributed by atoms with Crippen molar-refractivity contribution in [3.8, 4) is 0 Å². The van der Waals surface area contributed by atoms with Gasteiger partial charge < -0.3 is 49.6 Å². The molecule has 38 heavy (non-hydrogen) atoms. The maximum atomic E-state index is 12.4. The number of esters is 1. The van der Waals surface area contributed by atoms with E-state index in [2.05, 4.69) is 0 Å². The first-order valence-electron chi connectivity index (χ1n) is 13.0. The Morgan fingerprint density at radius 1 is 1.18 bits per heavy atom. The topological polar surface area (TPSA) is 192 Å². The molecule has 0 unspecified atom stereocenters. The Balaban J connectivity index is 1.63. The Bertz CT molecular complexity index is 899. The van der Waals surface area contributed by atoms with Crippen molar-refractivity contribution >= 4 is 11.9 Å². The summed E-state index contributed by atoms with van der Waals surface area (Å²) in [6, 6.07) is 0. The average molecular weight is 545 g/mol. The molecule has 10 atom stereocenters. The number of allylic oxidation sites excluding steroid dienone is 1. The number of aliphatic carboxylic acids is 1. The van der Waals surface area contributed by atoms with Gasteiger partial charge in [0.05, 0.1) is 23.4 Å². The monoisotopic (exact) mass is 544 g/mol. The van der Waals surface area contributed by atoms with Gasteiger partial charge in [0.1, 0.15) is 31.0 Å². The maximum Gasteiger partial charge on any atom is 0.334 e. The Morgan fingerprint density at radius 2 is 1.89 bits per heavy atom. The third kappa shape index (κ3) is 6.92. The molecule has 0 aromatic carbocycles. The SMILES string of the molecule is C/C(=C/CC[C@H](C)CCO)C(=O)OC[C@H]1O[C@@H](O[C@@H]2OC=C(C(=O)O)[C@H]3CC[C@](C)(O)[C@@H]23)[C@H](O)[C@@H](O)[C@@H]1O. The molecule has 0 radical (unpaired) electrons. The van der Waals surface area contributed by atoms with Crippen molar-refractivity contribution < 1.29 is 59.2 Å². The molecule has 3 rings (SSSR count). The Morgan fingerprint density at radius 3 is 2.55 bits per heavy atom. The summed E-state index contributed by atoms with van der Waals surface area (Å²) < 4.78 is 22.2. The lowest BCUT2D eigenvalue weighted by Crippen LogP contribution is -2.61. The number of aliphatic hydroxyl groups is 5. The van der Waals surface area contributed by atoms with Crippen molar-refractivity contribution in [3.05, 3.63) is 23.5 Å². The summed E-state index contributed by atoms with van der Waals surface area (Å²) in [4.78, 5) is 24.0. The minimum Gasteiger partial charge on any atom is -0.478 e. The van der Waals surface area contributed by atoms with E-state index in [-0.39, 0.29) is 12.2 Å². The Hall–Kier alpha value is -2.06. The van der Waals surface area contributed by atoms with Crippen LogP contribution in [0, 0.1) is 17.8 Å². The van der Waals surface area contributed by atoms with Gasteiger partial charge in [0.25, 0.3) is 0 Å². The fourth-order valence-corrected chi connectivity index (χ4v) is 5.30. The molecule has 0 aromatic heterocycles. The van der Waals surface area contributed by atoms with Crippen LogP contribution in [0.25, 0.3) is 0 Å². The van der Waals surface area contributed by atoms with Crippen molar-refractivity contribution in [1.82, 2.24) is 0 Å². The molecule has 6 N–H and O–H groups in total. The number of fused-ring (bicyclic) bond motifs is 1. The second-order valence-electron chi connectivity index (χ2n) is 10.7. The molecular formula is C26H40O12. The maximum absolute atomic E-state index is 12.4. The summed E-state index contributed by atoms with van der Waals surface area (Å²) >= 11 is 0. The highest BCUT2D eigenvalue weighted by atomic mass is 16.8. The lowest BCUT2D eigenvalue weighted by molar-refractivity contribution is -0.346. The molecule has 3 aliphatic rings. The molecule has 216 valence electrons. The smallest absolute Gasteiger partial charge is 0.334 e. The van der Waals surface area contributed by atoms with Crippen molar-refractivity contribution in [3.63, 3.8) is 0 Å². The molecule has 1 aliphatic carbocycles. The van der Waals surface area contributed by atoms with Gasteiger partial charge in [0.15, 0.2) is 6.29 Å². The Labute approximate surface area is 221 Å². The van der Waals surface area contributed by atoms with Crippen molar-refractivity contribution in [2.45, 2.75) is 95.5 Å². The van der Waals surface area contributed by atoms with Crippen molar-refractivity contribution in [2.75, 3.05) is 13.2 Å². The number of carboxylic acids is 1. The van der Waals surface area contributed by atoms with Gasteiger partial charge in [-0.2, -0.15) is 0 Å². The van der Waals surface area contributed by atoms with Gasteiger partial charge >= 0.3 is 11.9 Å². The van der Waals surface area contributed by atoms with Gasteiger partial charge in [0, 0.05) is 18.1 Å². The predicted octanol–water partition coefficient (Wildman–Crippen LogP) is 0.201. The molecule has 1 saturated heterocycles. The molecule has 2 fully saturated rings. The zero-order chi connectivity index (χ0) is 28.2. The summed E-state index contributed by atoms with van der Waals surface area (Å²) in [6.45, 7) is 4.81. The molecular weight excluding hydrogens is 504 g/mol. The number of carbonyl (C=O) groups is 2. The molecule has 1 saturated carbocycles. The van der Waals surface area contributed by atoms with E-state index in [0.717, 1.165) is 12.7 Å². The second-order valence-corrected chi connectivity index (χ2v) is 10.7. The zero-order valence-electron chi connectivity index (χ0n) is 21.9. The number of carbonyl (C=O) groups excluding carboxylic acids is 1. The number of hydrogen-bond donors (Lipinski definition) is 6. The minimum absolute atomic E-state index is 0.00395. The van der Waals surface area contributed by atoms with E-state index >= 15 is 0 Å². The first kappa shape index (κ1) is 30.5. The number of aliphatic hydroxyl groups excluding tert-OH is 4. The van der Waals surface area contributed by atoms with Crippen molar-refractivity contribution in [2.24, 2.45) is 17.8 Å². The largest absolute Gasteiger partial charge is 0.478 e. The van der Waals surface area contributed by atoms with Gasteiger partial charge in [0.2, 0.25) is 6.29 Å². The number of ether oxygens (including phenoxy) is 4. The summed E-state index contributed by atoms with van der Waals surface area (Å²) in [5, 5.41) is 60.6. The van der Waals surface area contributed by atoms with Crippen LogP contribution in [0.4, 0.5) is 0 Å². The summed E-state index contributed by atoms with van der Waals surface area (Å²) in [6.07, 6.45) is -3.40. The molecule has 2 aliphatic heterocycles. The van der Waals surface area contributed by atoms with E-state index in [1.165, 1.54) is 0 Å². The molecule has 0 aromatic rings. The Kier molecular flexibility index (Phi) is 10.3. The summed E-state index contributed by atoms with van der Waals surface area (Å²) in [7, 11) is 0. The van der Waals surface area contributed by atoms with Crippen LogP contribution in [0.5, 0.6) is 0 Å². The van der Waals surface area contributed by atoms with Crippen LogP contribution < -0.4 is 0 Å². The highest BCUT2D eigenvalue weighted by molar-refractivity contribution is 5.88. The van der Waals surface area contributed by atoms with Crippen LogP contribution >= 0.6 is 0 Å². The van der Waals surface area contributed by atoms with Gasteiger partial charge in [-0.05, 0) is 51.9 Å². The molecule has 12 nitrogen and oxygen atoms in total. The van der Waals surface area contributed by atoms with E-state index in [1.54, 1.807) is 19.9 Å². The first-order valence-corrected chi connectivity index (χ1v) is 13.0. The first-order chi connectivity index (χ1) is 17.9. The van der Waals surface area contributed by atoms with E-state index in [9.17, 15) is 35.1 Å². The lowest BCUT2D eigenvalue weighted by Gasteiger charge is -2.44. The van der Waals surface area contributed by atoms with Crippen LogP contribution in [-0.2, 0) is 28.5 Å². The van der Waals surface area contributed by atoms with Crippen LogP contribution in [0.3, 0.4) is 0 Å². The lowest BCUT2D eigenvalue weighted by atomic mass is 9.81. The molecule has 0 amide bonds. The standard InChI is InChI=1S/C26H40O12/c1-13(8-10-27)5-4-6-14(2)23(33)35-12-17-19(28)20(29)21(30)25(37-17)38-24-18-15(7-9-26(18,3)34)16(11-36-24)22(31)32/h6,11,13,15,17-21,24-25,27-30,34H,4-5,7-10,12H2,1-3H3,(H,31,32)/b14-6-/t13-,15+,17+,18+,19+,20-,21+,24-,25-,26-/m0/s1. The molecule has 12 heteroatoms. The summed E-state index contributed by atoms with van der Waals surface area (Å²) in [5.41, 5.74) is -0.966. The minimum atomic E-state index is -1.70. The van der Waals surface area contributed by atoms with Crippen LogP contribution in [0.15, 0.2) is 23.5 Å². The number of hydrogen-bond acceptors (Lipinski definition) is 11. The van der Waals surface area contributed by atoms with E-state index in [4.69, 9.17) is 24.1 Å². The zero-order valence-corrected chi connectivity index (χ0v) is 21.9. The fraction of sp³-hybridized carbons (Fsp3) is 0.769. The fourth-order valence-electron chi connectivity index (χ4n) is 5.30. The average Bonchev–Trinajstić information content (AvgIpc) is 3.18. The number of carboxylic acid groups (broad SMARTS) is 1. The van der Waals surface area contributed by atoms with Crippen LogP contribution in [-0.4, -0.2) is 98.4 Å². The predicted molar refractivity (Wildman–Crippen MR) is 130 cm³/mol. The van der Waals surface area contributed by atoms with Gasteiger partial charge in [-0.15, -0.1) is 0 Å². The van der Waals surface area contributed by atoms with Crippen LogP contribution in [0.2, 0.25) is 0 Å². The molecule has 0 spiro atoms. The number of rotatable bonds is 11. The third-order valence-corrected chi connectivity index (χ3v) is 7.75. The van der Waals surface area contributed by atoms with Gasteiger partial charge in [-0.25, -0.2) is 9.59 Å². The normalized spacial score (nSPS) is 38.1. The molecule has 0 bridgehead atoms. The van der Waals surface area contributed by atoms with E-state index < -0.39 is 73.0 Å². The molecule has 2 heterocycles. The summed E-state index contributed by atoms with van der Waals surface area (Å²) in [5.74, 6) is -2.86. The van der Waals surface area contributed by atoms with Gasteiger partial charge in [-0.1, -0.05) is 13.0 Å². The van der Waals surface area contributed by atoms with E-state index in [1.807, 2.05) is 6.92 Å². The third-order valence-electron chi connectivity index (χ3n) is 7.75. The van der Waals surface area contributed by atoms with Crippen molar-refractivity contribution in [1.29, 1.82) is 0 Å². The van der Waals surface area contributed by atoms with E-state index in [0.29, 0.717) is 37.2 Å². The second kappa shape index (κ2) is 12.9.